The molecule has 0 atom stereocenters. The molecule has 0 aliphatic rings. The molecule has 2 nitrogen and oxygen atoms in total. The summed E-state index contributed by atoms with van der Waals surface area (Å²) >= 11 is 0. The molecule has 0 heterocycles. The minimum absolute atomic E-state index is 0.139. The number of hydrogen-bond donors (Lipinski definition) is 1. The van der Waals surface area contributed by atoms with Crippen LogP contribution in [0, 0.1) is 0 Å². The maximum absolute atomic E-state index is 12.2. The van der Waals surface area contributed by atoms with Crippen molar-refractivity contribution in [2.75, 3.05) is 5.32 Å². The van der Waals surface area contributed by atoms with Gasteiger partial charge in [-0.2, -0.15) is 0 Å². The standard InChI is InChI=1S/C28H43NO/c1-2-3-4-5-6-7-8-9-10-11-12-13-14-15-16-21-28(30)29-27-23-22-25-19-17-18-20-26(25)24-27/h17-20,22-24H,2-16,21H2,1H3,(H,29,30). The highest BCUT2D eigenvalue weighted by Gasteiger charge is 2.03. The van der Waals surface area contributed by atoms with Gasteiger partial charge in [-0.3, -0.25) is 4.79 Å². The molecule has 30 heavy (non-hydrogen) atoms. The quantitative estimate of drug-likeness (QED) is 0.259. The first-order chi connectivity index (χ1) is 14.8. The number of unbranched alkanes of at least 4 members (excludes halogenated alkanes) is 14. The SMILES string of the molecule is CCCCCCCCCCCCCCCCCC(=O)Nc1ccc2ccccc2c1. The summed E-state index contributed by atoms with van der Waals surface area (Å²) in [5.41, 5.74) is 0.902. The van der Waals surface area contributed by atoms with Gasteiger partial charge < -0.3 is 5.32 Å². The summed E-state index contributed by atoms with van der Waals surface area (Å²) in [4.78, 5) is 12.2. The van der Waals surface area contributed by atoms with Crippen molar-refractivity contribution in [3.05, 3.63) is 42.5 Å². The molecule has 166 valence electrons. The Bertz CT molecular complexity index is 709. The monoisotopic (exact) mass is 409 g/mol. The summed E-state index contributed by atoms with van der Waals surface area (Å²) in [5.74, 6) is 0.139. The Morgan fingerprint density at radius 3 is 1.70 bits per heavy atom. The fourth-order valence-electron chi connectivity index (χ4n) is 4.15. The van der Waals surface area contributed by atoms with Gasteiger partial charge in [0.15, 0.2) is 0 Å². The summed E-state index contributed by atoms with van der Waals surface area (Å²) in [6.45, 7) is 2.28. The Kier molecular flexibility index (Phi) is 13.0. The lowest BCUT2D eigenvalue weighted by Gasteiger charge is -2.07. The van der Waals surface area contributed by atoms with Gasteiger partial charge in [-0.1, -0.05) is 127 Å². The number of carbonyl (C=O) groups excluding carboxylic acids is 1. The average Bonchev–Trinajstić information content (AvgIpc) is 2.76. The first-order valence-corrected chi connectivity index (χ1v) is 12.6. The molecule has 1 amide bonds. The highest BCUT2D eigenvalue weighted by molar-refractivity contribution is 5.94. The van der Waals surface area contributed by atoms with E-state index in [1.165, 1.54) is 101 Å². The summed E-state index contributed by atoms with van der Waals surface area (Å²) < 4.78 is 0. The van der Waals surface area contributed by atoms with Crippen molar-refractivity contribution in [3.8, 4) is 0 Å². The van der Waals surface area contributed by atoms with Gasteiger partial charge in [0, 0.05) is 12.1 Å². The molecule has 2 aromatic rings. The molecule has 0 aliphatic heterocycles. The first-order valence-electron chi connectivity index (χ1n) is 12.6. The number of hydrogen-bond acceptors (Lipinski definition) is 1. The van der Waals surface area contributed by atoms with Gasteiger partial charge in [0.05, 0.1) is 0 Å². The maximum atomic E-state index is 12.2. The van der Waals surface area contributed by atoms with E-state index in [0.717, 1.165) is 12.1 Å². The second-order valence-corrected chi connectivity index (χ2v) is 8.81. The smallest absolute Gasteiger partial charge is 0.224 e. The largest absolute Gasteiger partial charge is 0.326 e. The molecule has 0 bridgehead atoms. The third-order valence-electron chi connectivity index (χ3n) is 6.04. The Hall–Kier alpha value is -1.83. The fourth-order valence-corrected chi connectivity index (χ4v) is 4.15. The number of benzene rings is 2. The second-order valence-electron chi connectivity index (χ2n) is 8.81. The molecular weight excluding hydrogens is 366 g/mol. The van der Waals surface area contributed by atoms with Crippen molar-refractivity contribution < 1.29 is 4.79 Å². The Labute approximate surface area is 184 Å². The van der Waals surface area contributed by atoms with Crippen LogP contribution in [0.25, 0.3) is 10.8 Å². The van der Waals surface area contributed by atoms with E-state index < -0.39 is 0 Å². The minimum Gasteiger partial charge on any atom is -0.326 e. The highest BCUT2D eigenvalue weighted by atomic mass is 16.1. The zero-order valence-corrected chi connectivity index (χ0v) is 19.3. The van der Waals surface area contributed by atoms with E-state index in [-0.39, 0.29) is 5.91 Å². The molecule has 0 spiro atoms. The van der Waals surface area contributed by atoms with Gasteiger partial charge in [0.1, 0.15) is 0 Å². The number of nitrogens with one attached hydrogen (secondary N) is 1. The molecule has 2 aromatic carbocycles. The van der Waals surface area contributed by atoms with Gasteiger partial charge in [0.2, 0.25) is 5.91 Å². The number of anilines is 1. The first kappa shape index (κ1) is 24.4. The van der Waals surface area contributed by atoms with Gasteiger partial charge in [0.25, 0.3) is 0 Å². The third kappa shape index (κ3) is 10.8. The van der Waals surface area contributed by atoms with E-state index >= 15 is 0 Å². The molecular formula is C28H43NO. The molecule has 1 N–H and O–H groups in total. The molecule has 0 fully saturated rings. The zero-order chi connectivity index (χ0) is 21.3. The predicted octanol–water partition coefficient (Wildman–Crippen LogP) is 9.04. The van der Waals surface area contributed by atoms with Gasteiger partial charge in [-0.15, -0.1) is 0 Å². The van der Waals surface area contributed by atoms with Crippen LogP contribution in [0.4, 0.5) is 5.69 Å². The lowest BCUT2D eigenvalue weighted by Crippen LogP contribution is -2.10. The minimum atomic E-state index is 0.139. The molecule has 0 aliphatic carbocycles. The molecule has 0 saturated carbocycles. The van der Waals surface area contributed by atoms with Gasteiger partial charge in [-0.05, 0) is 29.3 Å². The second kappa shape index (κ2) is 15.9. The maximum Gasteiger partial charge on any atom is 0.224 e. The van der Waals surface area contributed by atoms with Gasteiger partial charge >= 0.3 is 0 Å². The van der Waals surface area contributed by atoms with Crippen LogP contribution >= 0.6 is 0 Å². The normalized spacial score (nSPS) is 11.1. The van der Waals surface area contributed by atoms with E-state index in [9.17, 15) is 4.79 Å². The molecule has 0 radical (unpaired) electrons. The van der Waals surface area contributed by atoms with Crippen LogP contribution in [-0.2, 0) is 4.79 Å². The Morgan fingerprint density at radius 2 is 1.13 bits per heavy atom. The van der Waals surface area contributed by atoms with E-state index in [2.05, 4.69) is 36.5 Å². The molecule has 0 unspecified atom stereocenters. The van der Waals surface area contributed by atoms with Crippen molar-refractivity contribution in [1.29, 1.82) is 0 Å². The summed E-state index contributed by atoms with van der Waals surface area (Å²) in [5, 5.41) is 5.42. The fraction of sp³-hybridized carbons (Fsp3) is 0.607. The van der Waals surface area contributed by atoms with Crippen LogP contribution in [-0.4, -0.2) is 5.91 Å². The molecule has 0 aromatic heterocycles. The topological polar surface area (TPSA) is 29.1 Å². The number of rotatable bonds is 17. The highest BCUT2D eigenvalue weighted by Crippen LogP contribution is 2.19. The number of carbonyl (C=O) groups is 1. The van der Waals surface area contributed by atoms with E-state index in [4.69, 9.17) is 0 Å². The van der Waals surface area contributed by atoms with Crippen molar-refractivity contribution in [2.45, 2.75) is 110 Å². The zero-order valence-electron chi connectivity index (χ0n) is 19.3. The third-order valence-corrected chi connectivity index (χ3v) is 6.04. The molecule has 2 heteroatoms. The number of amides is 1. The molecule has 2 rings (SSSR count). The summed E-state index contributed by atoms with van der Waals surface area (Å²) in [6.07, 6.45) is 20.9. The van der Waals surface area contributed by atoms with Crippen molar-refractivity contribution >= 4 is 22.4 Å². The lowest BCUT2D eigenvalue weighted by molar-refractivity contribution is -0.116. The molecule has 0 saturated heterocycles. The van der Waals surface area contributed by atoms with Crippen LogP contribution in [0.2, 0.25) is 0 Å². The van der Waals surface area contributed by atoms with Crippen molar-refractivity contribution in [3.63, 3.8) is 0 Å². The summed E-state index contributed by atoms with van der Waals surface area (Å²) in [7, 11) is 0. The van der Waals surface area contributed by atoms with E-state index in [1.54, 1.807) is 0 Å². The van der Waals surface area contributed by atoms with Gasteiger partial charge in [-0.25, -0.2) is 0 Å². The van der Waals surface area contributed by atoms with Crippen molar-refractivity contribution in [1.82, 2.24) is 0 Å². The van der Waals surface area contributed by atoms with Crippen LogP contribution in [0.3, 0.4) is 0 Å². The van der Waals surface area contributed by atoms with Crippen LogP contribution in [0.5, 0.6) is 0 Å². The summed E-state index contributed by atoms with van der Waals surface area (Å²) in [6, 6.07) is 14.4. The Balaban J connectivity index is 1.39. The van der Waals surface area contributed by atoms with Crippen LogP contribution in [0.1, 0.15) is 110 Å². The van der Waals surface area contributed by atoms with Crippen molar-refractivity contribution in [2.24, 2.45) is 0 Å². The van der Waals surface area contributed by atoms with Crippen LogP contribution < -0.4 is 5.32 Å². The van der Waals surface area contributed by atoms with E-state index in [1.807, 2.05) is 18.2 Å². The number of fused-ring (bicyclic) bond motifs is 1. The van der Waals surface area contributed by atoms with E-state index in [0.29, 0.717) is 6.42 Å². The Morgan fingerprint density at radius 1 is 0.633 bits per heavy atom. The predicted molar refractivity (Wildman–Crippen MR) is 132 cm³/mol. The average molecular weight is 410 g/mol. The lowest BCUT2D eigenvalue weighted by atomic mass is 10.0. The van der Waals surface area contributed by atoms with Crippen LogP contribution in [0.15, 0.2) is 42.5 Å².